The van der Waals surface area contributed by atoms with E-state index in [1.54, 1.807) is 12.1 Å². The number of carbonyl (C=O) groups excluding carboxylic acids is 1. The molecule has 1 aromatic carbocycles. The Morgan fingerprint density at radius 1 is 1.27 bits per heavy atom. The topological polar surface area (TPSA) is 66.5 Å². The monoisotopic (exact) mass is 324 g/mol. The number of hydrogen-bond acceptors (Lipinski definition) is 3. The van der Waals surface area contributed by atoms with Gasteiger partial charge in [-0.1, -0.05) is 19.9 Å². The lowest BCUT2D eigenvalue weighted by Gasteiger charge is -2.31. The largest absolute Gasteiger partial charge is 0.338 e. The van der Waals surface area contributed by atoms with Gasteiger partial charge in [-0.2, -0.15) is 0 Å². The van der Waals surface area contributed by atoms with Gasteiger partial charge in [-0.05, 0) is 49.6 Å². The van der Waals surface area contributed by atoms with Crippen LogP contribution >= 0.6 is 0 Å². The van der Waals surface area contributed by atoms with Gasteiger partial charge in [0.05, 0.1) is 4.90 Å². The highest BCUT2D eigenvalue weighted by Gasteiger charge is 2.26. The number of rotatable bonds is 5. The standard InChI is InChI=1S/C16H24N2O3S/c1-4-12(5-2)16(19)18-9-8-13-6-7-15(10-14(13)11-18)22(20,21)17-3/h6-7,10,12,17H,4-5,8-9,11H2,1-3H3. The molecule has 0 spiro atoms. The molecule has 1 N–H and O–H groups in total. The number of sulfonamides is 1. The molecule has 2 rings (SSSR count). The summed E-state index contributed by atoms with van der Waals surface area (Å²) in [6.45, 7) is 5.27. The first-order valence-corrected chi connectivity index (χ1v) is 9.25. The fraction of sp³-hybridized carbons (Fsp3) is 0.562. The number of benzene rings is 1. The van der Waals surface area contributed by atoms with E-state index < -0.39 is 10.0 Å². The molecule has 0 atom stereocenters. The van der Waals surface area contributed by atoms with Gasteiger partial charge in [0.25, 0.3) is 0 Å². The second-order valence-electron chi connectivity index (χ2n) is 5.66. The Hall–Kier alpha value is -1.40. The van der Waals surface area contributed by atoms with E-state index in [0.29, 0.717) is 13.1 Å². The van der Waals surface area contributed by atoms with Crippen LogP contribution < -0.4 is 4.72 Å². The van der Waals surface area contributed by atoms with Crippen LogP contribution in [0.3, 0.4) is 0 Å². The van der Waals surface area contributed by atoms with Crippen molar-refractivity contribution < 1.29 is 13.2 Å². The van der Waals surface area contributed by atoms with Gasteiger partial charge in [0, 0.05) is 19.0 Å². The highest BCUT2D eigenvalue weighted by atomic mass is 32.2. The van der Waals surface area contributed by atoms with Crippen LogP contribution in [0.15, 0.2) is 23.1 Å². The van der Waals surface area contributed by atoms with Gasteiger partial charge in [-0.15, -0.1) is 0 Å². The smallest absolute Gasteiger partial charge is 0.240 e. The van der Waals surface area contributed by atoms with Crippen molar-refractivity contribution >= 4 is 15.9 Å². The zero-order chi connectivity index (χ0) is 16.3. The number of fused-ring (bicyclic) bond motifs is 1. The SMILES string of the molecule is CCC(CC)C(=O)N1CCc2ccc(S(=O)(=O)NC)cc2C1. The Morgan fingerprint density at radius 2 is 1.95 bits per heavy atom. The number of nitrogens with zero attached hydrogens (tertiary/aromatic N) is 1. The van der Waals surface area contributed by atoms with Crippen LogP contribution in [-0.2, 0) is 27.8 Å². The zero-order valence-corrected chi connectivity index (χ0v) is 14.2. The molecule has 0 saturated carbocycles. The van der Waals surface area contributed by atoms with E-state index >= 15 is 0 Å². The molecule has 1 aliphatic rings. The van der Waals surface area contributed by atoms with Crippen LogP contribution in [0.5, 0.6) is 0 Å². The maximum atomic E-state index is 12.5. The van der Waals surface area contributed by atoms with Gasteiger partial charge in [-0.3, -0.25) is 4.79 Å². The number of carbonyl (C=O) groups is 1. The molecule has 5 nitrogen and oxygen atoms in total. The number of amides is 1. The summed E-state index contributed by atoms with van der Waals surface area (Å²) in [5.74, 6) is 0.239. The normalized spacial score (nSPS) is 15.0. The van der Waals surface area contributed by atoms with E-state index in [9.17, 15) is 13.2 Å². The van der Waals surface area contributed by atoms with Crippen molar-refractivity contribution in [1.82, 2.24) is 9.62 Å². The Morgan fingerprint density at radius 3 is 2.55 bits per heavy atom. The summed E-state index contributed by atoms with van der Waals surface area (Å²) in [4.78, 5) is 14.6. The van der Waals surface area contributed by atoms with E-state index in [2.05, 4.69) is 4.72 Å². The van der Waals surface area contributed by atoms with Gasteiger partial charge >= 0.3 is 0 Å². The fourth-order valence-electron chi connectivity index (χ4n) is 2.90. The van der Waals surface area contributed by atoms with Crippen molar-refractivity contribution in [3.8, 4) is 0 Å². The van der Waals surface area contributed by atoms with Gasteiger partial charge < -0.3 is 4.90 Å². The summed E-state index contributed by atoms with van der Waals surface area (Å²) in [7, 11) is -2.05. The van der Waals surface area contributed by atoms with Crippen molar-refractivity contribution in [3.63, 3.8) is 0 Å². The first kappa shape index (κ1) is 17.0. The molecule has 1 amide bonds. The second kappa shape index (κ2) is 6.79. The molecule has 1 heterocycles. The molecule has 1 aromatic rings. The maximum absolute atomic E-state index is 12.5. The molecule has 0 unspecified atom stereocenters. The van der Waals surface area contributed by atoms with Crippen LogP contribution in [0.25, 0.3) is 0 Å². The van der Waals surface area contributed by atoms with E-state index in [0.717, 1.165) is 30.4 Å². The molecule has 0 aromatic heterocycles. The maximum Gasteiger partial charge on any atom is 0.240 e. The summed E-state index contributed by atoms with van der Waals surface area (Å²) < 4.78 is 26.1. The molecular formula is C16H24N2O3S. The number of hydrogen-bond donors (Lipinski definition) is 1. The first-order chi connectivity index (χ1) is 10.4. The minimum absolute atomic E-state index is 0.0609. The molecule has 6 heteroatoms. The van der Waals surface area contributed by atoms with Gasteiger partial charge in [-0.25, -0.2) is 13.1 Å². The van der Waals surface area contributed by atoms with E-state index in [1.807, 2.05) is 24.8 Å². The summed E-state index contributed by atoms with van der Waals surface area (Å²) in [6, 6.07) is 5.18. The minimum atomic E-state index is -3.45. The summed E-state index contributed by atoms with van der Waals surface area (Å²) in [5, 5.41) is 0. The van der Waals surface area contributed by atoms with E-state index in [-0.39, 0.29) is 16.7 Å². The molecule has 0 radical (unpaired) electrons. The van der Waals surface area contributed by atoms with E-state index in [1.165, 1.54) is 7.05 Å². The molecule has 1 aliphatic heterocycles. The quantitative estimate of drug-likeness (QED) is 0.900. The third-order valence-corrected chi connectivity index (χ3v) is 5.83. The summed E-state index contributed by atoms with van der Waals surface area (Å²) >= 11 is 0. The van der Waals surface area contributed by atoms with Crippen molar-refractivity contribution in [2.75, 3.05) is 13.6 Å². The van der Waals surface area contributed by atoms with Crippen molar-refractivity contribution in [2.45, 2.75) is 44.6 Å². The summed E-state index contributed by atoms with van der Waals surface area (Å²) in [6.07, 6.45) is 2.46. The van der Waals surface area contributed by atoms with Gasteiger partial charge in [0.15, 0.2) is 0 Å². The van der Waals surface area contributed by atoms with Crippen LogP contribution in [0, 0.1) is 5.92 Å². The molecular weight excluding hydrogens is 300 g/mol. The Kier molecular flexibility index (Phi) is 5.24. The first-order valence-electron chi connectivity index (χ1n) is 7.77. The zero-order valence-electron chi connectivity index (χ0n) is 13.4. The Labute approximate surface area is 132 Å². The van der Waals surface area contributed by atoms with Crippen LogP contribution in [0.1, 0.15) is 37.8 Å². The third-order valence-electron chi connectivity index (χ3n) is 4.42. The van der Waals surface area contributed by atoms with Crippen LogP contribution in [-0.4, -0.2) is 32.8 Å². The number of nitrogens with one attached hydrogen (secondary N) is 1. The molecule has 0 bridgehead atoms. The summed E-state index contributed by atoms with van der Waals surface area (Å²) in [5.41, 5.74) is 2.06. The van der Waals surface area contributed by atoms with Crippen LogP contribution in [0.4, 0.5) is 0 Å². The lowest BCUT2D eigenvalue weighted by Crippen LogP contribution is -2.39. The molecule has 122 valence electrons. The Balaban J connectivity index is 2.26. The second-order valence-corrected chi connectivity index (χ2v) is 7.55. The predicted octanol–water partition coefficient (Wildman–Crippen LogP) is 1.92. The lowest BCUT2D eigenvalue weighted by molar-refractivity contribution is -0.136. The van der Waals surface area contributed by atoms with Crippen molar-refractivity contribution in [2.24, 2.45) is 5.92 Å². The van der Waals surface area contributed by atoms with Crippen LogP contribution in [0.2, 0.25) is 0 Å². The lowest BCUT2D eigenvalue weighted by atomic mass is 9.96. The predicted molar refractivity (Wildman–Crippen MR) is 85.9 cm³/mol. The van der Waals surface area contributed by atoms with Crippen molar-refractivity contribution in [3.05, 3.63) is 29.3 Å². The van der Waals surface area contributed by atoms with Crippen molar-refractivity contribution in [1.29, 1.82) is 0 Å². The highest BCUT2D eigenvalue weighted by molar-refractivity contribution is 7.89. The van der Waals surface area contributed by atoms with Gasteiger partial charge in [0.2, 0.25) is 15.9 Å². The van der Waals surface area contributed by atoms with Gasteiger partial charge in [0.1, 0.15) is 0 Å². The highest BCUT2D eigenvalue weighted by Crippen LogP contribution is 2.24. The molecule has 22 heavy (non-hydrogen) atoms. The van der Waals surface area contributed by atoms with E-state index in [4.69, 9.17) is 0 Å². The molecule has 0 saturated heterocycles. The molecule has 0 aliphatic carbocycles. The average molecular weight is 324 g/mol. The fourth-order valence-corrected chi connectivity index (χ4v) is 3.68. The molecule has 0 fully saturated rings. The third kappa shape index (κ3) is 3.33. The Bertz CT molecular complexity index is 651. The average Bonchev–Trinajstić information content (AvgIpc) is 2.54. The minimum Gasteiger partial charge on any atom is -0.338 e.